The molecule has 1 N–H and O–H groups in total. The van der Waals surface area contributed by atoms with Gasteiger partial charge in [-0.3, -0.25) is 4.79 Å². The molecule has 4 nitrogen and oxygen atoms in total. The Bertz CT molecular complexity index is 580. The van der Waals surface area contributed by atoms with Gasteiger partial charge in [0.1, 0.15) is 0 Å². The predicted molar refractivity (Wildman–Crippen MR) is 102 cm³/mol. The summed E-state index contributed by atoms with van der Waals surface area (Å²) in [4.78, 5) is 16.4. The summed E-state index contributed by atoms with van der Waals surface area (Å²) in [5, 5.41) is 3.85. The average molecular weight is 346 g/mol. The zero-order valence-electron chi connectivity index (χ0n) is 14.2. The standard InChI is InChI=1S/C19H27N3OS/c23-19-5-2-9-22(19)18-4-1-3-17(13-18)21-10-6-15(7-11-21)20-16-8-12-24-14-16/h1,3-4,13,15-16,20H,2,5-12,14H2. The van der Waals surface area contributed by atoms with Crippen molar-refractivity contribution in [2.45, 2.75) is 44.2 Å². The number of hydrogen-bond acceptors (Lipinski definition) is 4. The number of carbonyl (C=O) groups is 1. The van der Waals surface area contributed by atoms with Gasteiger partial charge in [-0.05, 0) is 49.6 Å². The van der Waals surface area contributed by atoms with Crippen LogP contribution in [0.25, 0.3) is 0 Å². The molecule has 1 atom stereocenters. The van der Waals surface area contributed by atoms with Gasteiger partial charge in [-0.2, -0.15) is 11.8 Å². The second kappa shape index (κ2) is 7.36. The van der Waals surface area contributed by atoms with Crippen LogP contribution in [0, 0.1) is 0 Å². The van der Waals surface area contributed by atoms with E-state index in [1.165, 1.54) is 36.5 Å². The molecular formula is C19H27N3OS. The predicted octanol–water partition coefficient (Wildman–Crippen LogP) is 2.88. The number of rotatable bonds is 4. The van der Waals surface area contributed by atoms with Crippen LogP contribution in [0.5, 0.6) is 0 Å². The Morgan fingerprint density at radius 1 is 1.04 bits per heavy atom. The van der Waals surface area contributed by atoms with Crippen molar-refractivity contribution in [3.8, 4) is 0 Å². The van der Waals surface area contributed by atoms with Crippen LogP contribution in [0.2, 0.25) is 0 Å². The first-order chi connectivity index (χ1) is 11.8. The Morgan fingerprint density at radius 3 is 2.58 bits per heavy atom. The number of nitrogens with zero attached hydrogens (tertiary/aromatic N) is 2. The van der Waals surface area contributed by atoms with Crippen molar-refractivity contribution < 1.29 is 4.79 Å². The molecule has 3 saturated heterocycles. The topological polar surface area (TPSA) is 35.6 Å². The molecule has 3 aliphatic heterocycles. The molecule has 0 radical (unpaired) electrons. The first-order valence-electron chi connectivity index (χ1n) is 9.29. The number of carbonyl (C=O) groups excluding carboxylic acids is 1. The largest absolute Gasteiger partial charge is 0.371 e. The first-order valence-corrected chi connectivity index (χ1v) is 10.4. The molecule has 1 unspecified atom stereocenters. The van der Waals surface area contributed by atoms with E-state index in [2.05, 4.69) is 46.2 Å². The lowest BCUT2D eigenvalue weighted by Gasteiger charge is -2.35. The monoisotopic (exact) mass is 345 g/mol. The highest BCUT2D eigenvalue weighted by atomic mass is 32.2. The molecule has 0 aliphatic carbocycles. The minimum absolute atomic E-state index is 0.268. The van der Waals surface area contributed by atoms with Gasteiger partial charge in [-0.25, -0.2) is 0 Å². The summed E-state index contributed by atoms with van der Waals surface area (Å²) in [7, 11) is 0. The van der Waals surface area contributed by atoms with Crippen LogP contribution in [-0.2, 0) is 4.79 Å². The van der Waals surface area contributed by atoms with Crippen LogP contribution in [0.1, 0.15) is 32.1 Å². The molecule has 0 bridgehead atoms. The van der Waals surface area contributed by atoms with E-state index in [0.29, 0.717) is 12.5 Å². The van der Waals surface area contributed by atoms with Gasteiger partial charge in [0.15, 0.2) is 0 Å². The molecule has 3 fully saturated rings. The molecule has 24 heavy (non-hydrogen) atoms. The van der Waals surface area contributed by atoms with Crippen molar-refractivity contribution in [2.75, 3.05) is 40.9 Å². The van der Waals surface area contributed by atoms with Crippen molar-refractivity contribution in [2.24, 2.45) is 0 Å². The summed E-state index contributed by atoms with van der Waals surface area (Å²) < 4.78 is 0. The van der Waals surface area contributed by atoms with E-state index >= 15 is 0 Å². The Kier molecular flexibility index (Phi) is 4.99. The van der Waals surface area contributed by atoms with E-state index in [4.69, 9.17) is 0 Å². The number of benzene rings is 1. The maximum atomic E-state index is 12.0. The van der Waals surface area contributed by atoms with E-state index in [1.807, 2.05) is 4.90 Å². The van der Waals surface area contributed by atoms with Gasteiger partial charge < -0.3 is 15.1 Å². The third-order valence-corrected chi connectivity index (χ3v) is 6.64. The van der Waals surface area contributed by atoms with Crippen LogP contribution in [0.4, 0.5) is 11.4 Å². The second-order valence-electron chi connectivity index (χ2n) is 7.16. The van der Waals surface area contributed by atoms with Gasteiger partial charge in [-0.1, -0.05) is 6.07 Å². The van der Waals surface area contributed by atoms with E-state index in [1.54, 1.807) is 0 Å². The highest BCUT2D eigenvalue weighted by Gasteiger charge is 2.25. The normalized spacial score (nSPS) is 25.7. The quantitative estimate of drug-likeness (QED) is 0.910. The molecule has 0 spiro atoms. The summed E-state index contributed by atoms with van der Waals surface area (Å²) in [5.74, 6) is 2.87. The lowest BCUT2D eigenvalue weighted by molar-refractivity contribution is -0.117. The molecular weight excluding hydrogens is 318 g/mol. The van der Waals surface area contributed by atoms with E-state index < -0.39 is 0 Å². The third-order valence-electron chi connectivity index (χ3n) is 5.48. The average Bonchev–Trinajstić information content (AvgIpc) is 3.27. The summed E-state index contributed by atoms with van der Waals surface area (Å²) in [6.45, 7) is 3.08. The van der Waals surface area contributed by atoms with Crippen LogP contribution >= 0.6 is 11.8 Å². The molecule has 1 aromatic rings. The van der Waals surface area contributed by atoms with Crippen LogP contribution < -0.4 is 15.1 Å². The zero-order chi connectivity index (χ0) is 16.4. The first kappa shape index (κ1) is 16.3. The Morgan fingerprint density at radius 2 is 1.88 bits per heavy atom. The molecule has 3 aliphatic rings. The molecule has 0 saturated carbocycles. The molecule has 130 valence electrons. The summed E-state index contributed by atoms with van der Waals surface area (Å²) in [5.41, 5.74) is 2.33. The van der Waals surface area contributed by atoms with Gasteiger partial charge in [0.05, 0.1) is 0 Å². The smallest absolute Gasteiger partial charge is 0.227 e. The van der Waals surface area contributed by atoms with Gasteiger partial charge in [-0.15, -0.1) is 0 Å². The van der Waals surface area contributed by atoms with E-state index in [0.717, 1.165) is 37.8 Å². The second-order valence-corrected chi connectivity index (χ2v) is 8.31. The maximum Gasteiger partial charge on any atom is 0.227 e. The summed E-state index contributed by atoms with van der Waals surface area (Å²) >= 11 is 2.08. The van der Waals surface area contributed by atoms with Crippen molar-refractivity contribution in [1.82, 2.24) is 5.32 Å². The number of amides is 1. The minimum Gasteiger partial charge on any atom is -0.371 e. The Labute approximate surface area is 149 Å². The Balaban J connectivity index is 1.36. The zero-order valence-corrected chi connectivity index (χ0v) is 15.1. The Hall–Kier alpha value is -1.20. The number of piperidine rings is 1. The summed E-state index contributed by atoms with van der Waals surface area (Å²) in [6.07, 6.45) is 5.44. The van der Waals surface area contributed by atoms with Crippen molar-refractivity contribution in [3.63, 3.8) is 0 Å². The minimum atomic E-state index is 0.268. The van der Waals surface area contributed by atoms with Crippen LogP contribution in [0.15, 0.2) is 24.3 Å². The van der Waals surface area contributed by atoms with E-state index in [-0.39, 0.29) is 5.91 Å². The highest BCUT2D eigenvalue weighted by Crippen LogP contribution is 2.28. The fourth-order valence-electron chi connectivity index (χ4n) is 4.08. The van der Waals surface area contributed by atoms with Crippen molar-refractivity contribution >= 4 is 29.0 Å². The molecule has 4 rings (SSSR count). The number of hydrogen-bond donors (Lipinski definition) is 1. The number of nitrogens with one attached hydrogen (secondary N) is 1. The lowest BCUT2D eigenvalue weighted by Crippen LogP contribution is -2.46. The van der Waals surface area contributed by atoms with Crippen LogP contribution in [-0.4, -0.2) is 49.1 Å². The van der Waals surface area contributed by atoms with Crippen LogP contribution in [0.3, 0.4) is 0 Å². The number of anilines is 2. The SMILES string of the molecule is O=C1CCCN1c1cccc(N2CCC(NC3CCSC3)CC2)c1. The lowest BCUT2D eigenvalue weighted by atomic mass is 10.0. The van der Waals surface area contributed by atoms with E-state index in [9.17, 15) is 4.79 Å². The fourth-order valence-corrected chi connectivity index (χ4v) is 5.25. The van der Waals surface area contributed by atoms with Gasteiger partial charge in [0.25, 0.3) is 0 Å². The molecule has 3 heterocycles. The highest BCUT2D eigenvalue weighted by molar-refractivity contribution is 7.99. The molecule has 1 amide bonds. The number of thioether (sulfide) groups is 1. The van der Waals surface area contributed by atoms with Crippen molar-refractivity contribution in [1.29, 1.82) is 0 Å². The van der Waals surface area contributed by atoms with Gasteiger partial charge in [0.2, 0.25) is 5.91 Å². The maximum absolute atomic E-state index is 12.0. The van der Waals surface area contributed by atoms with Gasteiger partial charge in [0, 0.05) is 55.3 Å². The molecule has 5 heteroatoms. The molecule has 1 aromatic carbocycles. The fraction of sp³-hybridized carbons (Fsp3) is 0.632. The third kappa shape index (κ3) is 3.57. The van der Waals surface area contributed by atoms with Crippen molar-refractivity contribution in [3.05, 3.63) is 24.3 Å². The van der Waals surface area contributed by atoms with Gasteiger partial charge >= 0.3 is 0 Å². The summed E-state index contributed by atoms with van der Waals surface area (Å²) in [6, 6.07) is 9.95. The molecule has 0 aromatic heterocycles.